The number of fused-ring (bicyclic) bond motifs is 2. The molecule has 0 aromatic heterocycles. The topological polar surface area (TPSA) is 29.5 Å². The van der Waals surface area contributed by atoms with Crippen molar-refractivity contribution >= 4 is 11.6 Å². The fraction of sp³-hybridized carbons (Fsp3) is 1.00. The molecule has 0 saturated carbocycles. The van der Waals surface area contributed by atoms with Crippen molar-refractivity contribution in [2.24, 2.45) is 5.41 Å². The lowest BCUT2D eigenvalue weighted by Crippen LogP contribution is -2.57. The van der Waals surface area contributed by atoms with E-state index < -0.39 is 6.10 Å². The van der Waals surface area contributed by atoms with Crippen LogP contribution in [0.25, 0.3) is 0 Å². The fourth-order valence-electron chi connectivity index (χ4n) is 2.49. The molecule has 0 unspecified atom stereocenters. The molecule has 0 aromatic rings. The highest BCUT2D eigenvalue weighted by atomic mass is 35.5. The summed E-state index contributed by atoms with van der Waals surface area (Å²) in [7, 11) is 0. The summed E-state index contributed by atoms with van der Waals surface area (Å²) >= 11 is 6.21. The van der Waals surface area contributed by atoms with Gasteiger partial charge in [0.05, 0.1) is 23.2 Å². The summed E-state index contributed by atoms with van der Waals surface area (Å²) in [6.07, 6.45) is 1.69. The summed E-state index contributed by atoms with van der Waals surface area (Å²) in [4.78, 5) is 0. The minimum Gasteiger partial charge on any atom is -0.391 e. The van der Waals surface area contributed by atoms with Gasteiger partial charge < -0.3 is 9.84 Å². The maximum absolute atomic E-state index is 10.0. The van der Waals surface area contributed by atoms with Gasteiger partial charge in [-0.1, -0.05) is 13.8 Å². The van der Waals surface area contributed by atoms with Gasteiger partial charge in [-0.05, 0) is 19.8 Å². The number of rotatable bonds is 0. The Morgan fingerprint density at radius 1 is 1.38 bits per heavy atom. The summed E-state index contributed by atoms with van der Waals surface area (Å²) in [5.74, 6) is 0. The van der Waals surface area contributed by atoms with Gasteiger partial charge in [-0.15, -0.1) is 11.6 Å². The van der Waals surface area contributed by atoms with Gasteiger partial charge in [-0.3, -0.25) is 0 Å². The number of hydrogen-bond acceptors (Lipinski definition) is 2. The zero-order valence-corrected chi connectivity index (χ0v) is 9.14. The van der Waals surface area contributed by atoms with Crippen molar-refractivity contribution in [1.29, 1.82) is 0 Å². The Morgan fingerprint density at radius 3 is 2.62 bits per heavy atom. The highest BCUT2D eigenvalue weighted by molar-refractivity contribution is 6.22. The molecule has 13 heavy (non-hydrogen) atoms. The van der Waals surface area contributed by atoms with E-state index in [4.69, 9.17) is 16.3 Å². The maximum atomic E-state index is 10.0. The first-order valence-electron chi connectivity index (χ1n) is 4.88. The summed E-state index contributed by atoms with van der Waals surface area (Å²) in [6.45, 7) is 6.06. The predicted molar refractivity (Wildman–Crippen MR) is 51.9 cm³/mol. The Hall–Kier alpha value is 0.210. The van der Waals surface area contributed by atoms with Gasteiger partial charge in [0.15, 0.2) is 0 Å². The number of aliphatic hydroxyl groups excluding tert-OH is 1. The molecule has 3 heteroatoms. The average molecular weight is 205 g/mol. The molecule has 1 N–H and O–H groups in total. The standard InChI is InChI=1S/C10H17ClO2/c1-9(2)6-4-5-10(3,13-6)7(11)8(9)12/h6-8,12H,4-5H2,1-3H3/t6-,7+,8-,10+/m1/s1. The number of aliphatic hydroxyl groups is 1. The van der Waals surface area contributed by atoms with Gasteiger partial charge in [-0.25, -0.2) is 0 Å². The normalized spacial score (nSPS) is 53.8. The molecular weight excluding hydrogens is 188 g/mol. The first-order valence-corrected chi connectivity index (χ1v) is 5.31. The first-order chi connectivity index (χ1) is 5.88. The molecule has 76 valence electrons. The second kappa shape index (κ2) is 2.62. The molecule has 2 heterocycles. The number of halogens is 1. The van der Waals surface area contributed by atoms with Crippen LogP contribution in [-0.2, 0) is 4.74 Å². The average Bonchev–Trinajstić information content (AvgIpc) is 2.43. The second-order valence-corrected chi connectivity index (χ2v) is 5.60. The van der Waals surface area contributed by atoms with E-state index in [0.29, 0.717) is 0 Å². The minimum absolute atomic E-state index is 0.169. The molecule has 2 nitrogen and oxygen atoms in total. The van der Waals surface area contributed by atoms with E-state index in [-0.39, 0.29) is 22.5 Å². The summed E-state index contributed by atoms with van der Waals surface area (Å²) in [5, 5.41) is 9.76. The number of alkyl halides is 1. The maximum Gasteiger partial charge on any atom is 0.0888 e. The molecule has 0 radical (unpaired) electrons. The number of hydrogen-bond donors (Lipinski definition) is 1. The molecule has 0 spiro atoms. The van der Waals surface area contributed by atoms with E-state index in [2.05, 4.69) is 0 Å². The molecular formula is C10H17ClO2. The SMILES string of the molecule is CC1(C)[C@H](O)[C@H](Cl)[C@]2(C)CC[C@H]1O2. The zero-order valence-electron chi connectivity index (χ0n) is 8.38. The van der Waals surface area contributed by atoms with E-state index in [0.717, 1.165) is 12.8 Å². The molecule has 2 fully saturated rings. The Labute approximate surface area is 84.2 Å². The molecule has 0 aliphatic carbocycles. The Kier molecular flexibility index (Phi) is 1.96. The lowest BCUT2D eigenvalue weighted by atomic mass is 9.76. The van der Waals surface area contributed by atoms with Crippen LogP contribution in [0.5, 0.6) is 0 Å². The van der Waals surface area contributed by atoms with Crippen molar-refractivity contribution in [2.45, 2.75) is 56.8 Å². The van der Waals surface area contributed by atoms with Crippen LogP contribution in [0.1, 0.15) is 33.6 Å². The van der Waals surface area contributed by atoms with Gasteiger partial charge in [0, 0.05) is 5.41 Å². The lowest BCUT2D eigenvalue weighted by molar-refractivity contribution is -0.173. The highest BCUT2D eigenvalue weighted by Gasteiger charge is 2.58. The van der Waals surface area contributed by atoms with Crippen molar-refractivity contribution in [3.05, 3.63) is 0 Å². The fourth-order valence-corrected chi connectivity index (χ4v) is 2.97. The molecule has 4 atom stereocenters. The van der Waals surface area contributed by atoms with Crippen LogP contribution in [0, 0.1) is 5.41 Å². The Balaban J connectivity index is 2.34. The van der Waals surface area contributed by atoms with E-state index in [9.17, 15) is 5.11 Å². The first kappa shape index (κ1) is 9.75. The van der Waals surface area contributed by atoms with E-state index in [1.807, 2.05) is 20.8 Å². The van der Waals surface area contributed by atoms with Gasteiger partial charge in [0.25, 0.3) is 0 Å². The summed E-state index contributed by atoms with van der Waals surface area (Å²) in [6, 6.07) is 0. The number of ether oxygens (including phenoxy) is 1. The van der Waals surface area contributed by atoms with Crippen molar-refractivity contribution in [2.75, 3.05) is 0 Å². The van der Waals surface area contributed by atoms with Crippen LogP contribution in [0.2, 0.25) is 0 Å². The molecule has 0 aromatic carbocycles. The second-order valence-electron chi connectivity index (χ2n) is 5.13. The van der Waals surface area contributed by atoms with Crippen LogP contribution < -0.4 is 0 Å². The minimum atomic E-state index is -0.458. The van der Waals surface area contributed by atoms with Crippen LogP contribution in [-0.4, -0.2) is 28.3 Å². The molecule has 2 saturated heterocycles. The molecule has 0 amide bonds. The predicted octanol–water partition coefficient (Wildman–Crippen LogP) is 1.93. The highest BCUT2D eigenvalue weighted by Crippen LogP contribution is 2.51. The smallest absolute Gasteiger partial charge is 0.0888 e. The molecule has 2 rings (SSSR count). The van der Waals surface area contributed by atoms with Gasteiger partial charge in [0.2, 0.25) is 0 Å². The van der Waals surface area contributed by atoms with Gasteiger partial charge in [0.1, 0.15) is 0 Å². The monoisotopic (exact) mass is 204 g/mol. The van der Waals surface area contributed by atoms with Crippen LogP contribution >= 0.6 is 11.6 Å². The van der Waals surface area contributed by atoms with Crippen molar-refractivity contribution < 1.29 is 9.84 Å². The van der Waals surface area contributed by atoms with Gasteiger partial charge >= 0.3 is 0 Å². The van der Waals surface area contributed by atoms with Crippen molar-refractivity contribution in [1.82, 2.24) is 0 Å². The third-order valence-corrected chi connectivity index (χ3v) is 4.47. The lowest BCUT2D eigenvalue weighted by Gasteiger charge is -2.47. The molecule has 2 aliphatic rings. The van der Waals surface area contributed by atoms with Gasteiger partial charge in [-0.2, -0.15) is 0 Å². The van der Waals surface area contributed by atoms with Crippen LogP contribution in [0.15, 0.2) is 0 Å². The molecule has 2 aliphatic heterocycles. The molecule has 2 bridgehead atoms. The third-order valence-electron chi connectivity index (χ3n) is 3.77. The van der Waals surface area contributed by atoms with Crippen LogP contribution in [0.3, 0.4) is 0 Å². The van der Waals surface area contributed by atoms with Crippen molar-refractivity contribution in [3.8, 4) is 0 Å². The van der Waals surface area contributed by atoms with E-state index in [1.54, 1.807) is 0 Å². The van der Waals surface area contributed by atoms with E-state index in [1.165, 1.54) is 0 Å². The third kappa shape index (κ3) is 1.15. The summed E-state index contributed by atoms with van der Waals surface area (Å²) < 4.78 is 5.89. The van der Waals surface area contributed by atoms with Crippen molar-refractivity contribution in [3.63, 3.8) is 0 Å². The Morgan fingerprint density at radius 2 is 2.00 bits per heavy atom. The van der Waals surface area contributed by atoms with E-state index >= 15 is 0 Å². The largest absolute Gasteiger partial charge is 0.391 e. The zero-order chi connectivity index (χ0) is 9.85. The van der Waals surface area contributed by atoms with Crippen LogP contribution in [0.4, 0.5) is 0 Å². The Bertz CT molecular complexity index is 227. The quantitative estimate of drug-likeness (QED) is 0.611. The summed E-state index contributed by atoms with van der Waals surface area (Å²) in [5.41, 5.74) is -0.510.